The number of nitrogens with one attached hydrogen (secondary N) is 1. The number of rotatable bonds is 10. The normalized spacial score (nSPS) is 14.0. The molecule has 3 aromatic rings. The van der Waals surface area contributed by atoms with Gasteiger partial charge < -0.3 is 20.0 Å². The molecular weight excluding hydrogens is 591 g/mol. The Labute approximate surface area is 208 Å². The first-order valence-corrected chi connectivity index (χ1v) is 11.1. The average Bonchev–Trinajstić information content (AvgIpc) is 2.84. The van der Waals surface area contributed by atoms with Gasteiger partial charge in [0, 0.05) is 65.3 Å². The van der Waals surface area contributed by atoms with Crippen molar-refractivity contribution in [1.82, 2.24) is 24.8 Å². The summed E-state index contributed by atoms with van der Waals surface area (Å²) in [6.45, 7) is 5.27. The largest absolute Gasteiger partial charge is 0.416 e. The summed E-state index contributed by atoms with van der Waals surface area (Å²) in [6.07, 6.45) is 9.10. The molecule has 1 saturated heterocycles. The van der Waals surface area contributed by atoms with Crippen molar-refractivity contribution in [2.24, 2.45) is 0 Å². The molecule has 33 heavy (non-hydrogen) atoms. The van der Waals surface area contributed by atoms with Crippen molar-refractivity contribution in [3.8, 4) is 0 Å². The van der Waals surface area contributed by atoms with Crippen LogP contribution in [0.5, 0.6) is 0 Å². The number of hydrogen-bond donors (Lipinski definition) is 1. The molecular formula is C24H28FN6OW-. The van der Waals surface area contributed by atoms with Crippen molar-refractivity contribution < 1.29 is 30.2 Å². The van der Waals surface area contributed by atoms with Crippen molar-refractivity contribution in [2.75, 3.05) is 38.2 Å². The van der Waals surface area contributed by atoms with Gasteiger partial charge in [-0.25, -0.2) is 14.4 Å². The van der Waals surface area contributed by atoms with E-state index in [0.29, 0.717) is 6.54 Å². The standard InChI is InChI=1S/C24H28FN6O.W/c25-22-17-26-18-29-24(22)28-16-20-5-3-19(4-6-20)7-8-21-9-10-27-23(30-21)2-1-11-31-12-14-32-15-13-31;/h3-6,9-10,17H,1-2,7-8,11-16H2,(H,26,28,29);/q-1;. The Morgan fingerprint density at radius 2 is 1.82 bits per heavy atom. The first-order valence-electron chi connectivity index (χ1n) is 11.1. The monoisotopic (exact) mass is 619 g/mol. The van der Waals surface area contributed by atoms with Gasteiger partial charge in [-0.3, -0.25) is 4.90 Å². The number of hydrogen-bond acceptors (Lipinski definition) is 7. The fourth-order valence-corrected chi connectivity index (χ4v) is 3.67. The fourth-order valence-electron chi connectivity index (χ4n) is 3.67. The van der Waals surface area contributed by atoms with Gasteiger partial charge in [0.15, 0.2) is 0 Å². The van der Waals surface area contributed by atoms with Crippen molar-refractivity contribution in [1.29, 1.82) is 0 Å². The summed E-state index contributed by atoms with van der Waals surface area (Å²) >= 11 is 0. The molecule has 0 saturated carbocycles. The van der Waals surface area contributed by atoms with Crippen LogP contribution in [0.3, 0.4) is 0 Å². The molecule has 0 aliphatic carbocycles. The first-order chi connectivity index (χ1) is 15.8. The third-order valence-corrected chi connectivity index (χ3v) is 5.52. The predicted molar refractivity (Wildman–Crippen MR) is 120 cm³/mol. The number of aromatic nitrogens is 4. The van der Waals surface area contributed by atoms with Crippen LogP contribution < -0.4 is 5.32 Å². The number of nitrogens with zero attached hydrogens (tertiary/aromatic N) is 5. The van der Waals surface area contributed by atoms with Crippen molar-refractivity contribution >= 4 is 5.82 Å². The number of morpholine rings is 1. The molecule has 9 heteroatoms. The van der Waals surface area contributed by atoms with Gasteiger partial charge in [-0.1, -0.05) is 24.3 Å². The van der Waals surface area contributed by atoms with Crippen LogP contribution in [-0.4, -0.2) is 57.7 Å². The van der Waals surface area contributed by atoms with Crippen LogP contribution in [0, 0.1) is 12.1 Å². The van der Waals surface area contributed by atoms with Gasteiger partial charge in [0.1, 0.15) is 5.82 Å². The molecule has 1 aliphatic heterocycles. The topological polar surface area (TPSA) is 76.1 Å². The number of benzene rings is 1. The van der Waals surface area contributed by atoms with Gasteiger partial charge in [0.25, 0.3) is 0 Å². The third-order valence-electron chi connectivity index (χ3n) is 5.52. The summed E-state index contributed by atoms with van der Waals surface area (Å²) < 4.78 is 19.0. The molecule has 2 aromatic heterocycles. The van der Waals surface area contributed by atoms with Gasteiger partial charge in [0.2, 0.25) is 0 Å². The summed E-state index contributed by atoms with van der Waals surface area (Å²) in [4.78, 5) is 18.9. The quantitative estimate of drug-likeness (QED) is 0.350. The summed E-state index contributed by atoms with van der Waals surface area (Å²) in [6, 6.07) is 10.3. The van der Waals surface area contributed by atoms with E-state index in [9.17, 15) is 4.39 Å². The van der Waals surface area contributed by atoms with Crippen molar-refractivity contribution in [2.45, 2.75) is 32.2 Å². The molecule has 0 amide bonds. The van der Waals surface area contributed by atoms with Gasteiger partial charge in [-0.2, -0.15) is 0 Å². The number of anilines is 1. The van der Waals surface area contributed by atoms with E-state index in [0.717, 1.165) is 81.8 Å². The minimum absolute atomic E-state index is 0. The summed E-state index contributed by atoms with van der Waals surface area (Å²) in [5.41, 5.74) is 3.36. The van der Waals surface area contributed by atoms with E-state index in [1.807, 2.05) is 24.4 Å². The molecule has 3 heterocycles. The Morgan fingerprint density at radius 1 is 1.03 bits per heavy atom. The molecule has 7 nitrogen and oxygen atoms in total. The van der Waals surface area contributed by atoms with E-state index in [1.54, 1.807) is 0 Å². The van der Waals surface area contributed by atoms with Crippen LogP contribution in [-0.2, 0) is 51.6 Å². The zero-order chi connectivity index (χ0) is 22.0. The smallest absolute Gasteiger partial charge is 0.128 e. The van der Waals surface area contributed by atoms with Gasteiger partial charge >= 0.3 is 0 Å². The van der Waals surface area contributed by atoms with Crippen LogP contribution in [0.2, 0.25) is 0 Å². The Bertz CT molecular complexity index is 985. The maximum absolute atomic E-state index is 13.6. The van der Waals surface area contributed by atoms with E-state index < -0.39 is 5.82 Å². The molecule has 1 aromatic carbocycles. The average molecular weight is 619 g/mol. The van der Waals surface area contributed by atoms with Gasteiger partial charge in [0.05, 0.1) is 24.8 Å². The molecule has 1 N–H and O–H groups in total. The van der Waals surface area contributed by atoms with E-state index >= 15 is 0 Å². The van der Waals surface area contributed by atoms with Gasteiger partial charge in [-0.05, 0) is 49.2 Å². The van der Waals surface area contributed by atoms with Crippen LogP contribution in [0.1, 0.15) is 29.1 Å². The molecule has 1 fully saturated rings. The SMILES string of the molecule is Fc1cn[c-]nc1NCc1ccc(CCc2ccnc(CCCN3CCOCC3)n2)cc1.[W]. The van der Waals surface area contributed by atoms with E-state index in [4.69, 9.17) is 9.72 Å². The molecule has 0 atom stereocenters. The van der Waals surface area contributed by atoms with Crippen LogP contribution in [0.4, 0.5) is 10.2 Å². The summed E-state index contributed by atoms with van der Waals surface area (Å²) in [5.74, 6) is 0.602. The number of ether oxygens (including phenoxy) is 1. The second-order valence-corrected chi connectivity index (χ2v) is 7.86. The van der Waals surface area contributed by atoms with Crippen LogP contribution >= 0.6 is 0 Å². The zero-order valence-corrected chi connectivity index (χ0v) is 21.5. The molecule has 0 radical (unpaired) electrons. The Kier molecular flexibility index (Phi) is 10.3. The maximum atomic E-state index is 13.6. The zero-order valence-electron chi connectivity index (χ0n) is 18.5. The fraction of sp³-hybridized carbons (Fsp3) is 0.417. The van der Waals surface area contributed by atoms with Crippen LogP contribution in [0.15, 0.2) is 42.7 Å². The predicted octanol–water partition coefficient (Wildman–Crippen LogP) is 2.87. The number of halogens is 1. The molecule has 1 aliphatic rings. The molecule has 4 rings (SSSR count). The third kappa shape index (κ3) is 8.22. The Hall–Kier alpha value is -2.28. The molecule has 0 bridgehead atoms. The van der Waals surface area contributed by atoms with E-state index in [-0.39, 0.29) is 26.9 Å². The Balaban J connectivity index is 0.00000306. The van der Waals surface area contributed by atoms with Crippen molar-refractivity contribution in [3.63, 3.8) is 0 Å². The minimum Gasteiger partial charge on any atom is -0.416 e. The summed E-state index contributed by atoms with van der Waals surface area (Å²) in [7, 11) is 0. The first kappa shape index (κ1) is 25.3. The second kappa shape index (κ2) is 13.4. The van der Waals surface area contributed by atoms with Crippen molar-refractivity contribution in [3.05, 3.63) is 77.5 Å². The minimum atomic E-state index is -0.481. The van der Waals surface area contributed by atoms with Gasteiger partial charge in [-0.15, -0.1) is 0 Å². The van der Waals surface area contributed by atoms with E-state index in [1.165, 1.54) is 5.56 Å². The molecule has 0 unspecified atom stereocenters. The summed E-state index contributed by atoms with van der Waals surface area (Å²) in [5, 5.41) is 2.97. The second-order valence-electron chi connectivity index (χ2n) is 7.86. The number of aryl methyl sites for hydroxylation is 3. The molecule has 174 valence electrons. The maximum Gasteiger partial charge on any atom is 0.128 e. The van der Waals surface area contributed by atoms with E-state index in [2.05, 4.69) is 43.6 Å². The van der Waals surface area contributed by atoms with Crippen LogP contribution in [0.25, 0.3) is 0 Å². The molecule has 0 spiro atoms. The Morgan fingerprint density at radius 3 is 2.61 bits per heavy atom.